The normalized spacial score (nSPS) is 25.4. The molecule has 4 saturated carbocycles. The SMILES string of the molecule is O=C(OCC(=O)C12CC3CC(CC(C3)C1)C2)c1cc(NS(=O)(=O)c2cccs2)cc(NS(=O)(=O)c2cccs2)c1. The van der Waals surface area contributed by atoms with Crippen LogP contribution in [-0.2, 0) is 29.6 Å². The molecule has 0 aliphatic heterocycles. The van der Waals surface area contributed by atoms with Crippen LogP contribution in [0.25, 0.3) is 0 Å². The molecule has 212 valence electrons. The molecule has 3 aromatic rings. The third-order valence-corrected chi connectivity index (χ3v) is 13.7. The molecule has 0 atom stereocenters. The van der Waals surface area contributed by atoms with Crippen molar-refractivity contribution < 1.29 is 31.2 Å². The molecule has 2 heterocycles. The Balaban J connectivity index is 1.23. The minimum Gasteiger partial charge on any atom is -0.454 e. The van der Waals surface area contributed by atoms with Crippen LogP contribution in [0, 0.1) is 23.2 Å². The largest absolute Gasteiger partial charge is 0.454 e. The second-order valence-corrected chi connectivity index (χ2v) is 16.8. The number of hydrogen-bond acceptors (Lipinski definition) is 9. The van der Waals surface area contributed by atoms with E-state index in [-0.39, 0.29) is 37.7 Å². The lowest BCUT2D eigenvalue weighted by Gasteiger charge is -2.55. The molecule has 0 radical (unpaired) electrons. The third-order valence-electron chi connectivity index (χ3n) is 8.16. The van der Waals surface area contributed by atoms with E-state index in [0.717, 1.165) is 41.9 Å². The first-order valence-corrected chi connectivity index (χ1v) is 17.7. The van der Waals surface area contributed by atoms with Crippen molar-refractivity contribution in [1.29, 1.82) is 0 Å². The Labute approximate surface area is 241 Å². The molecular weight excluding hydrogens is 593 g/mol. The molecule has 0 unspecified atom stereocenters. The number of carbonyl (C=O) groups is 2. The van der Waals surface area contributed by atoms with E-state index in [1.54, 1.807) is 22.9 Å². The Morgan fingerprint density at radius 2 is 1.27 bits per heavy atom. The van der Waals surface area contributed by atoms with Crippen molar-refractivity contribution in [3.8, 4) is 0 Å². The predicted octanol–water partition coefficient (Wildman–Crippen LogP) is 5.35. The number of nitrogens with one attached hydrogen (secondary N) is 2. The lowest BCUT2D eigenvalue weighted by atomic mass is 9.48. The van der Waals surface area contributed by atoms with Gasteiger partial charge in [0.05, 0.1) is 16.9 Å². The van der Waals surface area contributed by atoms with E-state index in [1.807, 2.05) is 0 Å². The Morgan fingerprint density at radius 3 is 1.70 bits per heavy atom. The summed E-state index contributed by atoms with van der Waals surface area (Å²) in [5.41, 5.74) is -0.568. The van der Waals surface area contributed by atoms with E-state index >= 15 is 0 Å². The Hall–Kier alpha value is -2.74. The highest BCUT2D eigenvalue weighted by molar-refractivity contribution is 7.95. The maximum absolute atomic E-state index is 13.3. The van der Waals surface area contributed by atoms with Crippen molar-refractivity contribution in [3.05, 3.63) is 58.8 Å². The van der Waals surface area contributed by atoms with E-state index < -0.39 is 31.4 Å². The van der Waals surface area contributed by atoms with Crippen LogP contribution in [0.1, 0.15) is 48.9 Å². The highest BCUT2D eigenvalue weighted by atomic mass is 32.3. The highest BCUT2D eigenvalue weighted by Gasteiger charge is 2.54. The number of sulfonamides is 2. The van der Waals surface area contributed by atoms with Crippen LogP contribution in [0.4, 0.5) is 11.4 Å². The number of thiophene rings is 2. The smallest absolute Gasteiger partial charge is 0.338 e. The molecule has 4 aliphatic rings. The molecule has 7 rings (SSSR count). The van der Waals surface area contributed by atoms with Crippen molar-refractivity contribution in [2.75, 3.05) is 16.1 Å². The zero-order valence-electron chi connectivity index (χ0n) is 21.4. The van der Waals surface area contributed by atoms with Crippen LogP contribution in [0.3, 0.4) is 0 Å². The minimum absolute atomic E-state index is 0.0286. The zero-order chi connectivity index (χ0) is 28.1. The summed E-state index contributed by atoms with van der Waals surface area (Å²) in [7, 11) is -7.96. The van der Waals surface area contributed by atoms with Gasteiger partial charge in [0.2, 0.25) is 0 Å². The predicted molar refractivity (Wildman–Crippen MR) is 153 cm³/mol. The maximum Gasteiger partial charge on any atom is 0.338 e. The van der Waals surface area contributed by atoms with Gasteiger partial charge in [0, 0.05) is 5.41 Å². The number of hydrogen-bond donors (Lipinski definition) is 2. The van der Waals surface area contributed by atoms with Gasteiger partial charge in [0.15, 0.2) is 12.4 Å². The van der Waals surface area contributed by atoms with E-state index in [1.165, 1.54) is 49.6 Å². The lowest BCUT2D eigenvalue weighted by Crippen LogP contribution is -2.51. The summed E-state index contributed by atoms with van der Waals surface area (Å²) < 4.78 is 61.8. The molecule has 0 saturated heterocycles. The Bertz CT molecular complexity index is 1530. The first kappa shape index (κ1) is 27.4. The summed E-state index contributed by atoms with van der Waals surface area (Å²) in [4.78, 5) is 26.5. The molecule has 13 heteroatoms. The second-order valence-electron chi connectivity index (χ2n) is 11.1. The lowest BCUT2D eigenvalue weighted by molar-refractivity contribution is -0.147. The van der Waals surface area contributed by atoms with Gasteiger partial charge in [-0.1, -0.05) is 12.1 Å². The number of rotatable bonds is 10. The van der Waals surface area contributed by atoms with Gasteiger partial charge in [0.1, 0.15) is 8.42 Å². The number of ketones is 1. The molecule has 4 aliphatic carbocycles. The fraction of sp³-hybridized carbons (Fsp3) is 0.407. The summed E-state index contributed by atoms with van der Waals surface area (Å²) in [5.74, 6) is 0.800. The molecule has 2 N–H and O–H groups in total. The summed E-state index contributed by atoms with van der Waals surface area (Å²) in [6.45, 7) is -0.369. The van der Waals surface area contributed by atoms with Crippen molar-refractivity contribution in [2.45, 2.75) is 46.9 Å². The van der Waals surface area contributed by atoms with Crippen LogP contribution in [0.15, 0.2) is 61.6 Å². The standard InChI is InChI=1S/C27H28N2O7S4/c30-23(27-13-17-7-18(14-27)9-19(8-17)15-27)16-36-26(31)20-10-21(28-39(32,33)24-3-1-5-37-24)12-22(11-20)29-40(34,35)25-4-2-6-38-25/h1-6,10-12,17-19,28-29H,7-9,13-16H2. The number of Topliss-reactive ketones (excluding diaryl/α,β-unsaturated/α-hetero) is 1. The summed E-state index contributed by atoms with van der Waals surface area (Å²) in [6.07, 6.45) is 6.11. The second kappa shape index (κ2) is 10.3. The highest BCUT2D eigenvalue weighted by Crippen LogP contribution is 2.60. The van der Waals surface area contributed by atoms with Crippen molar-refractivity contribution in [1.82, 2.24) is 0 Å². The number of benzene rings is 1. The molecule has 0 spiro atoms. The van der Waals surface area contributed by atoms with Crippen LogP contribution < -0.4 is 9.44 Å². The maximum atomic E-state index is 13.3. The molecule has 9 nitrogen and oxygen atoms in total. The molecule has 4 bridgehead atoms. The van der Waals surface area contributed by atoms with Gasteiger partial charge >= 0.3 is 5.97 Å². The molecule has 1 aromatic carbocycles. The summed E-state index contributed by atoms with van der Waals surface area (Å²) in [6, 6.07) is 9.87. The third kappa shape index (κ3) is 5.44. The van der Waals surface area contributed by atoms with Gasteiger partial charge in [0.25, 0.3) is 20.0 Å². The van der Waals surface area contributed by atoms with Crippen LogP contribution >= 0.6 is 22.7 Å². The zero-order valence-corrected chi connectivity index (χ0v) is 24.6. The van der Waals surface area contributed by atoms with E-state index in [0.29, 0.717) is 17.8 Å². The van der Waals surface area contributed by atoms with Crippen molar-refractivity contribution in [2.24, 2.45) is 23.2 Å². The van der Waals surface area contributed by atoms with E-state index in [2.05, 4.69) is 9.44 Å². The van der Waals surface area contributed by atoms with E-state index in [9.17, 15) is 26.4 Å². The van der Waals surface area contributed by atoms with Gasteiger partial charge < -0.3 is 4.74 Å². The molecule has 40 heavy (non-hydrogen) atoms. The Morgan fingerprint density at radius 1 is 0.800 bits per heavy atom. The molecular formula is C27H28N2O7S4. The monoisotopic (exact) mass is 620 g/mol. The van der Waals surface area contributed by atoms with Gasteiger partial charge in [-0.05, 0) is 97.4 Å². The number of anilines is 2. The van der Waals surface area contributed by atoms with Gasteiger partial charge in [-0.25, -0.2) is 21.6 Å². The average Bonchev–Trinajstić information content (AvgIpc) is 3.61. The number of esters is 1. The fourth-order valence-corrected chi connectivity index (χ4v) is 11.0. The van der Waals surface area contributed by atoms with Gasteiger partial charge in [-0.2, -0.15) is 0 Å². The summed E-state index contributed by atoms with van der Waals surface area (Å²) >= 11 is 2.03. The number of carbonyl (C=O) groups excluding carboxylic acids is 2. The first-order chi connectivity index (χ1) is 19.0. The molecule has 4 fully saturated rings. The quantitative estimate of drug-likeness (QED) is 0.292. The minimum atomic E-state index is -3.98. The summed E-state index contributed by atoms with van der Waals surface area (Å²) in [5, 5.41) is 3.23. The topological polar surface area (TPSA) is 136 Å². The van der Waals surface area contributed by atoms with Gasteiger partial charge in [-0.15, -0.1) is 22.7 Å². The van der Waals surface area contributed by atoms with Crippen molar-refractivity contribution >= 4 is 65.8 Å². The molecule has 0 amide bonds. The number of ether oxygens (including phenoxy) is 1. The van der Waals surface area contributed by atoms with E-state index in [4.69, 9.17) is 4.74 Å². The van der Waals surface area contributed by atoms with Crippen LogP contribution in [-0.4, -0.2) is 35.2 Å². The van der Waals surface area contributed by atoms with Gasteiger partial charge in [-0.3, -0.25) is 14.2 Å². The van der Waals surface area contributed by atoms with Crippen LogP contribution in [0.5, 0.6) is 0 Å². The van der Waals surface area contributed by atoms with Crippen molar-refractivity contribution in [3.63, 3.8) is 0 Å². The fourth-order valence-electron chi connectivity index (χ4n) is 6.93. The Kier molecular flexibility index (Phi) is 7.04. The van der Waals surface area contributed by atoms with Crippen LogP contribution in [0.2, 0.25) is 0 Å². The first-order valence-electron chi connectivity index (χ1n) is 13.0. The average molecular weight is 621 g/mol. The molecule has 2 aromatic heterocycles.